The molecule has 0 spiro atoms. The van der Waals surface area contributed by atoms with Gasteiger partial charge in [0.2, 0.25) is 0 Å². The highest BCUT2D eigenvalue weighted by Gasteiger charge is 2.37. The highest BCUT2D eigenvalue weighted by molar-refractivity contribution is 7.91. The number of carbonyl (C=O) groups excluding carboxylic acids is 1. The van der Waals surface area contributed by atoms with Crippen LogP contribution < -0.4 is 15.1 Å². The first-order valence-corrected chi connectivity index (χ1v) is 10.9. The van der Waals surface area contributed by atoms with Gasteiger partial charge in [-0.25, -0.2) is 8.42 Å². The molecule has 2 aliphatic heterocycles. The molecule has 2 atom stereocenters. The largest absolute Gasteiger partial charge is 0.360 e. The molecule has 25 heavy (non-hydrogen) atoms. The first-order valence-electron chi connectivity index (χ1n) is 8.62. The number of sulfone groups is 1. The average Bonchev–Trinajstić information content (AvgIpc) is 2.80. The van der Waals surface area contributed by atoms with E-state index in [1.807, 2.05) is 12.1 Å². The Balaban J connectivity index is 1.48. The monoisotopic (exact) mass is 386 g/mol. The Morgan fingerprint density at radius 1 is 1.28 bits per heavy atom. The van der Waals surface area contributed by atoms with Crippen LogP contribution in [0.15, 0.2) is 24.3 Å². The number of piperazine rings is 1. The second-order valence-corrected chi connectivity index (χ2v) is 9.68. The third kappa shape index (κ3) is 4.65. The van der Waals surface area contributed by atoms with E-state index in [0.29, 0.717) is 6.54 Å². The van der Waals surface area contributed by atoms with Crippen molar-refractivity contribution in [3.05, 3.63) is 29.8 Å². The Labute approximate surface area is 154 Å². The molecule has 0 radical (unpaired) electrons. The highest BCUT2D eigenvalue weighted by atomic mass is 35.5. The normalized spacial score (nSPS) is 26.6. The third-order valence-electron chi connectivity index (χ3n) is 4.97. The molecule has 138 valence electrons. The first-order chi connectivity index (χ1) is 11.8. The summed E-state index contributed by atoms with van der Waals surface area (Å²) in [5.74, 6) is -0.225. The van der Waals surface area contributed by atoms with Gasteiger partial charge in [0.1, 0.15) is 0 Å². The van der Waals surface area contributed by atoms with E-state index in [4.69, 9.17) is 11.6 Å². The number of para-hydroxylation sites is 1. The van der Waals surface area contributed by atoms with Crippen LogP contribution in [0.4, 0.5) is 5.69 Å². The van der Waals surface area contributed by atoms with Crippen molar-refractivity contribution in [1.82, 2.24) is 5.32 Å². The van der Waals surface area contributed by atoms with Crippen molar-refractivity contribution in [3.8, 4) is 0 Å². The molecule has 1 aromatic carbocycles. The fraction of sp³-hybridized carbons (Fsp3) is 0.588. The van der Waals surface area contributed by atoms with Crippen LogP contribution in [0, 0.1) is 6.92 Å². The smallest absolute Gasteiger partial charge is 0.275 e. The maximum absolute atomic E-state index is 12.2. The number of hydrogen-bond donors (Lipinski definition) is 2. The fourth-order valence-corrected chi connectivity index (χ4v) is 6.13. The standard InChI is InChI=1S/C17H24ClN3O3S/c1-13-4-2-3-5-16(13)21-8-6-20(7-9-21)10-17(22)19-15-12-25(23,24)11-14(15)18/h2-5,14-15H,6-12H2,1H3,(H,19,22)/p+1/t14-,15-/m1/s1. The Kier molecular flexibility index (Phi) is 5.55. The molecule has 3 rings (SSSR count). The molecular weight excluding hydrogens is 362 g/mol. The van der Waals surface area contributed by atoms with Gasteiger partial charge >= 0.3 is 0 Å². The molecule has 2 saturated heterocycles. The molecule has 2 fully saturated rings. The zero-order chi connectivity index (χ0) is 18.0. The summed E-state index contributed by atoms with van der Waals surface area (Å²) in [6.45, 7) is 6.05. The van der Waals surface area contributed by atoms with Crippen molar-refractivity contribution >= 4 is 33.0 Å². The van der Waals surface area contributed by atoms with Crippen molar-refractivity contribution < 1.29 is 18.1 Å². The summed E-state index contributed by atoms with van der Waals surface area (Å²) >= 11 is 6.04. The van der Waals surface area contributed by atoms with Crippen LogP contribution in [-0.4, -0.2) is 70.0 Å². The zero-order valence-corrected chi connectivity index (χ0v) is 15.9. The lowest BCUT2D eigenvalue weighted by Gasteiger charge is -2.34. The number of anilines is 1. The SMILES string of the molecule is Cc1ccccc1N1CC[NH+](CC(=O)N[C@@H]2CS(=O)(=O)C[C@H]2Cl)CC1. The molecule has 0 saturated carbocycles. The summed E-state index contributed by atoms with van der Waals surface area (Å²) in [5.41, 5.74) is 2.52. The lowest BCUT2D eigenvalue weighted by molar-refractivity contribution is -0.892. The summed E-state index contributed by atoms with van der Waals surface area (Å²) in [6, 6.07) is 7.87. The number of amides is 1. The minimum Gasteiger partial charge on any atom is -0.360 e. The van der Waals surface area contributed by atoms with Crippen LogP contribution >= 0.6 is 11.6 Å². The van der Waals surface area contributed by atoms with Crippen LogP contribution in [0.2, 0.25) is 0 Å². The zero-order valence-electron chi connectivity index (χ0n) is 14.4. The predicted octanol–water partition coefficient (Wildman–Crippen LogP) is -0.779. The lowest BCUT2D eigenvalue weighted by atomic mass is 10.1. The van der Waals surface area contributed by atoms with E-state index in [2.05, 4.69) is 29.3 Å². The molecule has 2 N–H and O–H groups in total. The summed E-state index contributed by atoms with van der Waals surface area (Å²) in [4.78, 5) is 15.8. The van der Waals surface area contributed by atoms with Gasteiger partial charge in [-0.3, -0.25) is 4.79 Å². The average molecular weight is 387 g/mol. The van der Waals surface area contributed by atoms with Crippen molar-refractivity contribution in [2.45, 2.75) is 18.3 Å². The fourth-order valence-electron chi connectivity index (χ4n) is 3.58. The Bertz CT molecular complexity index is 732. The molecule has 1 aromatic rings. The van der Waals surface area contributed by atoms with E-state index in [-0.39, 0.29) is 17.4 Å². The van der Waals surface area contributed by atoms with Crippen molar-refractivity contribution in [1.29, 1.82) is 0 Å². The number of benzene rings is 1. The van der Waals surface area contributed by atoms with Crippen LogP contribution in [-0.2, 0) is 14.6 Å². The highest BCUT2D eigenvalue weighted by Crippen LogP contribution is 2.19. The number of halogens is 1. The predicted molar refractivity (Wildman–Crippen MR) is 99.2 cm³/mol. The summed E-state index contributed by atoms with van der Waals surface area (Å²) in [5, 5.41) is 2.27. The van der Waals surface area contributed by atoms with Crippen molar-refractivity contribution in [3.63, 3.8) is 0 Å². The first kappa shape index (κ1) is 18.5. The molecular formula is C17H25ClN3O3S+. The van der Waals surface area contributed by atoms with E-state index >= 15 is 0 Å². The van der Waals surface area contributed by atoms with Gasteiger partial charge in [0.25, 0.3) is 5.91 Å². The minimum atomic E-state index is -3.13. The summed E-state index contributed by atoms with van der Waals surface area (Å²) in [6.07, 6.45) is 0. The number of aryl methyl sites for hydroxylation is 1. The Morgan fingerprint density at radius 3 is 2.56 bits per heavy atom. The van der Waals surface area contributed by atoms with Gasteiger partial charge < -0.3 is 15.1 Å². The van der Waals surface area contributed by atoms with Gasteiger partial charge in [0.15, 0.2) is 16.4 Å². The van der Waals surface area contributed by atoms with Gasteiger partial charge in [-0.2, -0.15) is 0 Å². The number of nitrogens with zero attached hydrogens (tertiary/aromatic N) is 1. The topological polar surface area (TPSA) is 70.9 Å². The van der Waals surface area contributed by atoms with Gasteiger partial charge in [0.05, 0.1) is 49.1 Å². The number of nitrogens with one attached hydrogen (secondary N) is 2. The van der Waals surface area contributed by atoms with E-state index < -0.39 is 21.3 Å². The number of hydrogen-bond acceptors (Lipinski definition) is 4. The molecule has 6 nitrogen and oxygen atoms in total. The maximum atomic E-state index is 12.2. The number of rotatable bonds is 4. The Hall–Kier alpha value is -1.31. The number of quaternary nitrogens is 1. The van der Waals surface area contributed by atoms with Crippen LogP contribution in [0.25, 0.3) is 0 Å². The van der Waals surface area contributed by atoms with Crippen molar-refractivity contribution in [2.75, 3.05) is 49.1 Å². The third-order valence-corrected chi connectivity index (χ3v) is 7.34. The second-order valence-electron chi connectivity index (χ2n) is 6.97. The molecule has 2 heterocycles. The molecule has 1 amide bonds. The van der Waals surface area contributed by atoms with Gasteiger partial charge in [0, 0.05) is 5.69 Å². The number of alkyl halides is 1. The molecule has 0 unspecified atom stereocenters. The van der Waals surface area contributed by atoms with Gasteiger partial charge in [-0.1, -0.05) is 18.2 Å². The van der Waals surface area contributed by atoms with E-state index in [1.165, 1.54) is 16.2 Å². The molecule has 0 aromatic heterocycles. The van der Waals surface area contributed by atoms with E-state index in [0.717, 1.165) is 26.2 Å². The molecule has 2 aliphatic rings. The molecule has 0 aliphatic carbocycles. The van der Waals surface area contributed by atoms with Crippen LogP contribution in [0.1, 0.15) is 5.56 Å². The van der Waals surface area contributed by atoms with Gasteiger partial charge in [-0.15, -0.1) is 11.6 Å². The lowest BCUT2D eigenvalue weighted by Crippen LogP contribution is -3.16. The molecule has 8 heteroatoms. The van der Waals surface area contributed by atoms with E-state index in [9.17, 15) is 13.2 Å². The van der Waals surface area contributed by atoms with Gasteiger partial charge in [-0.05, 0) is 18.6 Å². The second kappa shape index (κ2) is 7.51. The number of carbonyl (C=O) groups is 1. The summed E-state index contributed by atoms with van der Waals surface area (Å²) < 4.78 is 23.1. The molecule has 0 bridgehead atoms. The van der Waals surface area contributed by atoms with Crippen molar-refractivity contribution in [2.24, 2.45) is 0 Å². The van der Waals surface area contributed by atoms with Crippen LogP contribution in [0.5, 0.6) is 0 Å². The summed E-state index contributed by atoms with van der Waals surface area (Å²) in [7, 11) is -3.13. The Morgan fingerprint density at radius 2 is 1.96 bits per heavy atom. The van der Waals surface area contributed by atoms with E-state index in [1.54, 1.807) is 0 Å². The minimum absolute atomic E-state index is 0.0523. The maximum Gasteiger partial charge on any atom is 0.275 e. The quantitative estimate of drug-likeness (QED) is 0.666. The van der Waals surface area contributed by atoms with Crippen LogP contribution in [0.3, 0.4) is 0 Å².